The average molecular weight is 445 g/mol. The highest BCUT2D eigenvalue weighted by atomic mass is 32.2. The fourth-order valence-electron chi connectivity index (χ4n) is 3.45. The quantitative estimate of drug-likeness (QED) is 0.652. The SMILES string of the molecule is CC(C)CCN1C(=O)C(C)(C)COc2cc(NS(=O)(=O)CCc3ccccc3)ccc21. The number of carbonyl (C=O) groups is 1. The molecule has 0 fully saturated rings. The van der Waals surface area contributed by atoms with Gasteiger partial charge in [-0.1, -0.05) is 44.2 Å². The van der Waals surface area contributed by atoms with E-state index in [1.54, 1.807) is 23.1 Å². The smallest absolute Gasteiger partial charge is 0.236 e. The molecule has 1 amide bonds. The molecule has 0 unspecified atom stereocenters. The van der Waals surface area contributed by atoms with Crippen molar-refractivity contribution < 1.29 is 17.9 Å². The van der Waals surface area contributed by atoms with Crippen molar-refractivity contribution in [2.24, 2.45) is 11.3 Å². The number of carbonyl (C=O) groups excluding carboxylic acids is 1. The van der Waals surface area contributed by atoms with E-state index in [9.17, 15) is 13.2 Å². The van der Waals surface area contributed by atoms with Gasteiger partial charge in [-0.25, -0.2) is 8.42 Å². The van der Waals surface area contributed by atoms with Crippen LogP contribution in [0.5, 0.6) is 5.75 Å². The van der Waals surface area contributed by atoms with Crippen molar-refractivity contribution in [3.8, 4) is 5.75 Å². The van der Waals surface area contributed by atoms with E-state index < -0.39 is 15.4 Å². The van der Waals surface area contributed by atoms with Gasteiger partial charge in [0.05, 0.1) is 22.5 Å². The van der Waals surface area contributed by atoms with Crippen LogP contribution in [0.1, 0.15) is 39.7 Å². The Morgan fingerprint density at radius 3 is 2.52 bits per heavy atom. The second-order valence-electron chi connectivity index (χ2n) is 9.15. The topological polar surface area (TPSA) is 75.7 Å². The third-order valence-electron chi connectivity index (χ3n) is 5.37. The molecule has 31 heavy (non-hydrogen) atoms. The van der Waals surface area contributed by atoms with Crippen LogP contribution in [0.3, 0.4) is 0 Å². The lowest BCUT2D eigenvalue weighted by molar-refractivity contribution is -0.127. The Morgan fingerprint density at radius 2 is 1.84 bits per heavy atom. The van der Waals surface area contributed by atoms with E-state index in [0.717, 1.165) is 12.0 Å². The van der Waals surface area contributed by atoms with Gasteiger partial charge in [0.25, 0.3) is 0 Å². The van der Waals surface area contributed by atoms with Crippen LogP contribution in [-0.2, 0) is 21.2 Å². The highest BCUT2D eigenvalue weighted by Crippen LogP contribution is 2.38. The molecule has 0 aliphatic carbocycles. The normalized spacial score (nSPS) is 15.9. The summed E-state index contributed by atoms with van der Waals surface area (Å²) < 4.78 is 33.8. The summed E-state index contributed by atoms with van der Waals surface area (Å²) >= 11 is 0. The second kappa shape index (κ2) is 9.30. The maximum Gasteiger partial charge on any atom is 0.236 e. The second-order valence-corrected chi connectivity index (χ2v) is 11.0. The lowest BCUT2D eigenvalue weighted by Gasteiger charge is -2.28. The lowest BCUT2D eigenvalue weighted by Crippen LogP contribution is -2.42. The van der Waals surface area contributed by atoms with E-state index in [2.05, 4.69) is 18.6 Å². The van der Waals surface area contributed by atoms with E-state index in [4.69, 9.17) is 4.74 Å². The maximum atomic E-state index is 13.1. The van der Waals surface area contributed by atoms with Gasteiger partial charge in [0.1, 0.15) is 12.4 Å². The fraction of sp³-hybridized carbons (Fsp3) is 0.458. The van der Waals surface area contributed by atoms with Gasteiger partial charge >= 0.3 is 0 Å². The minimum absolute atomic E-state index is 0.0129. The van der Waals surface area contributed by atoms with Crippen molar-refractivity contribution in [3.05, 3.63) is 54.1 Å². The number of fused-ring (bicyclic) bond motifs is 1. The maximum absolute atomic E-state index is 13.1. The Kier molecular flexibility index (Phi) is 6.94. The summed E-state index contributed by atoms with van der Waals surface area (Å²) in [7, 11) is -3.52. The number of sulfonamides is 1. The van der Waals surface area contributed by atoms with Gasteiger partial charge in [-0.15, -0.1) is 0 Å². The molecule has 0 saturated carbocycles. The monoisotopic (exact) mass is 444 g/mol. The lowest BCUT2D eigenvalue weighted by atomic mass is 9.92. The van der Waals surface area contributed by atoms with Crippen LogP contribution in [0.25, 0.3) is 0 Å². The molecule has 1 aliphatic rings. The fourth-order valence-corrected chi connectivity index (χ4v) is 4.54. The zero-order valence-corrected chi connectivity index (χ0v) is 19.5. The van der Waals surface area contributed by atoms with Crippen molar-refractivity contribution in [1.29, 1.82) is 0 Å². The van der Waals surface area contributed by atoms with Crippen molar-refractivity contribution >= 4 is 27.3 Å². The number of rotatable bonds is 8. The van der Waals surface area contributed by atoms with E-state index >= 15 is 0 Å². The van der Waals surface area contributed by atoms with Crippen molar-refractivity contribution in [3.63, 3.8) is 0 Å². The Bertz CT molecular complexity index is 1020. The molecule has 0 bridgehead atoms. The van der Waals surface area contributed by atoms with E-state index in [1.165, 1.54) is 0 Å². The predicted molar refractivity (Wildman–Crippen MR) is 125 cm³/mol. The van der Waals surface area contributed by atoms with Crippen LogP contribution >= 0.6 is 0 Å². The standard InChI is InChI=1S/C24H32N2O4S/c1-18(2)12-14-26-21-11-10-20(16-22(21)30-17-24(3,4)23(26)27)25-31(28,29)15-13-19-8-6-5-7-9-19/h5-11,16,18,25H,12-15,17H2,1-4H3. The third kappa shape index (κ3) is 6.00. The van der Waals surface area contributed by atoms with Crippen LogP contribution in [0.15, 0.2) is 48.5 Å². The molecule has 0 spiro atoms. The number of aryl methyl sites for hydroxylation is 1. The van der Waals surface area contributed by atoms with E-state index in [-0.39, 0.29) is 18.3 Å². The largest absolute Gasteiger partial charge is 0.490 e. The van der Waals surface area contributed by atoms with Gasteiger partial charge in [0.2, 0.25) is 15.9 Å². The predicted octanol–water partition coefficient (Wildman–Crippen LogP) is 4.47. The van der Waals surface area contributed by atoms with Crippen molar-refractivity contribution in [2.75, 3.05) is 28.5 Å². The van der Waals surface area contributed by atoms with E-state index in [0.29, 0.717) is 36.0 Å². The summed E-state index contributed by atoms with van der Waals surface area (Å²) in [6.07, 6.45) is 1.30. The van der Waals surface area contributed by atoms with Gasteiger partial charge in [-0.3, -0.25) is 9.52 Å². The first kappa shape index (κ1) is 23.1. The third-order valence-corrected chi connectivity index (χ3v) is 6.66. The molecule has 0 aromatic heterocycles. The number of ether oxygens (including phenoxy) is 1. The van der Waals surface area contributed by atoms with Crippen molar-refractivity contribution in [1.82, 2.24) is 0 Å². The van der Waals surface area contributed by atoms with Crippen LogP contribution in [-0.4, -0.2) is 33.2 Å². The summed E-state index contributed by atoms with van der Waals surface area (Å²) in [5.41, 5.74) is 1.43. The summed E-state index contributed by atoms with van der Waals surface area (Å²) in [6.45, 7) is 8.82. The Balaban J connectivity index is 1.79. The number of benzene rings is 2. The zero-order valence-electron chi connectivity index (χ0n) is 18.7. The number of hydrogen-bond acceptors (Lipinski definition) is 4. The van der Waals surface area contributed by atoms with Crippen LogP contribution in [0.2, 0.25) is 0 Å². The Labute approximate surface area is 185 Å². The average Bonchev–Trinajstić information content (AvgIpc) is 2.80. The van der Waals surface area contributed by atoms with Crippen LogP contribution < -0.4 is 14.4 Å². The number of nitrogens with one attached hydrogen (secondary N) is 1. The molecule has 1 heterocycles. The molecule has 168 valence electrons. The molecule has 1 aliphatic heterocycles. The Hall–Kier alpha value is -2.54. The molecule has 0 atom stereocenters. The first-order chi connectivity index (χ1) is 14.6. The molecule has 1 N–H and O–H groups in total. The molecular weight excluding hydrogens is 412 g/mol. The highest BCUT2D eigenvalue weighted by molar-refractivity contribution is 7.92. The molecule has 2 aromatic rings. The first-order valence-electron chi connectivity index (χ1n) is 10.7. The summed E-state index contributed by atoms with van der Waals surface area (Å²) in [5.74, 6) is 0.981. The number of hydrogen-bond donors (Lipinski definition) is 1. The summed E-state index contributed by atoms with van der Waals surface area (Å²) in [5, 5.41) is 0. The van der Waals surface area contributed by atoms with Crippen molar-refractivity contribution in [2.45, 2.75) is 40.5 Å². The van der Waals surface area contributed by atoms with Gasteiger partial charge in [0.15, 0.2) is 0 Å². The van der Waals surface area contributed by atoms with Crippen LogP contribution in [0, 0.1) is 11.3 Å². The minimum atomic E-state index is -3.52. The zero-order chi connectivity index (χ0) is 22.6. The number of amides is 1. The summed E-state index contributed by atoms with van der Waals surface area (Å²) in [6, 6.07) is 14.7. The molecule has 3 rings (SSSR count). The highest BCUT2D eigenvalue weighted by Gasteiger charge is 2.37. The number of anilines is 2. The van der Waals surface area contributed by atoms with Gasteiger partial charge < -0.3 is 9.64 Å². The molecule has 7 heteroatoms. The molecular formula is C24H32N2O4S. The summed E-state index contributed by atoms with van der Waals surface area (Å²) in [4.78, 5) is 14.9. The van der Waals surface area contributed by atoms with E-state index in [1.807, 2.05) is 44.2 Å². The van der Waals surface area contributed by atoms with Gasteiger partial charge in [-0.2, -0.15) is 0 Å². The van der Waals surface area contributed by atoms with Gasteiger partial charge in [0, 0.05) is 12.6 Å². The van der Waals surface area contributed by atoms with Crippen LogP contribution in [0.4, 0.5) is 11.4 Å². The number of nitrogens with zero attached hydrogens (tertiary/aromatic N) is 1. The Morgan fingerprint density at radius 1 is 1.13 bits per heavy atom. The molecule has 2 aromatic carbocycles. The first-order valence-corrected chi connectivity index (χ1v) is 12.4. The molecule has 6 nitrogen and oxygen atoms in total. The molecule has 0 saturated heterocycles. The molecule has 0 radical (unpaired) electrons. The minimum Gasteiger partial charge on any atom is -0.490 e. The van der Waals surface area contributed by atoms with Gasteiger partial charge in [-0.05, 0) is 50.3 Å².